The molecule has 0 saturated carbocycles. The van der Waals surface area contributed by atoms with Crippen molar-refractivity contribution >= 4 is 17.3 Å². The van der Waals surface area contributed by atoms with E-state index in [1.807, 2.05) is 25.1 Å². The molecule has 0 fully saturated rings. The average molecular weight is 462 g/mol. The maximum absolute atomic E-state index is 12.8. The van der Waals surface area contributed by atoms with Crippen molar-refractivity contribution in [2.75, 3.05) is 0 Å². The van der Waals surface area contributed by atoms with Gasteiger partial charge >= 0.3 is 12.1 Å². The molecule has 1 N–H and O–H groups in total. The van der Waals surface area contributed by atoms with Crippen molar-refractivity contribution in [2.24, 2.45) is 0 Å². The van der Waals surface area contributed by atoms with E-state index in [0.717, 1.165) is 53.1 Å². The zero-order chi connectivity index (χ0) is 22.9. The first kappa shape index (κ1) is 22.3. The monoisotopic (exact) mass is 461 g/mol. The molecule has 0 spiro atoms. The highest BCUT2D eigenvalue weighted by molar-refractivity contribution is 7.15. The van der Waals surface area contributed by atoms with Crippen molar-refractivity contribution in [1.29, 1.82) is 0 Å². The molecular formula is C24H22F3NO3S. The molecule has 2 aromatic carbocycles. The molecule has 0 saturated heterocycles. The van der Waals surface area contributed by atoms with Gasteiger partial charge < -0.3 is 9.84 Å². The van der Waals surface area contributed by atoms with E-state index in [9.17, 15) is 18.0 Å². The summed E-state index contributed by atoms with van der Waals surface area (Å²) in [5.41, 5.74) is 2.95. The summed E-state index contributed by atoms with van der Waals surface area (Å²) in [4.78, 5) is 16.5. The van der Waals surface area contributed by atoms with Gasteiger partial charge in [-0.15, -0.1) is 11.3 Å². The van der Waals surface area contributed by atoms with Crippen LogP contribution in [0.2, 0.25) is 0 Å². The van der Waals surface area contributed by atoms with Gasteiger partial charge in [0, 0.05) is 5.56 Å². The molecule has 0 unspecified atom stereocenters. The first-order chi connectivity index (χ1) is 15.2. The van der Waals surface area contributed by atoms with Gasteiger partial charge in [0.15, 0.2) is 0 Å². The first-order valence-electron chi connectivity index (χ1n) is 10.3. The second kappa shape index (κ2) is 8.94. The molecule has 32 heavy (non-hydrogen) atoms. The molecule has 0 bridgehead atoms. The lowest BCUT2D eigenvalue weighted by Gasteiger charge is -2.24. The average Bonchev–Trinajstić information content (AvgIpc) is 3.12. The quantitative estimate of drug-likeness (QED) is 0.449. The zero-order valence-electron chi connectivity index (χ0n) is 17.4. The summed E-state index contributed by atoms with van der Waals surface area (Å²) in [5.74, 6) is -0.0309. The molecule has 1 aliphatic carbocycles. The number of hydrogen-bond donors (Lipinski definition) is 1. The standard InChI is InChI=1S/C24H22F3NO3S/c1-14-21(32-23(28-14)15-5-7-18(8-6-15)24(25,26)27)13-31-19-9-10-20-16(11-19)3-2-4-17(20)12-22(29)30/h5-11,17H,2-4,12-13H2,1H3,(H,29,30)/t17-/m1/s1. The van der Waals surface area contributed by atoms with Gasteiger partial charge in [-0.05, 0) is 67.5 Å². The Labute approximate surface area is 187 Å². The Morgan fingerprint density at radius 2 is 1.97 bits per heavy atom. The van der Waals surface area contributed by atoms with Crippen molar-refractivity contribution in [1.82, 2.24) is 4.98 Å². The van der Waals surface area contributed by atoms with Crippen LogP contribution >= 0.6 is 11.3 Å². The van der Waals surface area contributed by atoms with E-state index in [1.165, 1.54) is 23.5 Å². The minimum atomic E-state index is -4.36. The van der Waals surface area contributed by atoms with Crippen molar-refractivity contribution in [2.45, 2.75) is 51.3 Å². The van der Waals surface area contributed by atoms with Crippen LogP contribution in [0.15, 0.2) is 42.5 Å². The summed E-state index contributed by atoms with van der Waals surface area (Å²) in [7, 11) is 0. The molecule has 1 atom stereocenters. The molecule has 0 radical (unpaired) electrons. The Kier molecular flexibility index (Phi) is 6.24. The van der Waals surface area contributed by atoms with Crippen molar-refractivity contribution in [3.05, 3.63) is 69.7 Å². The van der Waals surface area contributed by atoms with E-state index in [1.54, 1.807) is 0 Å². The van der Waals surface area contributed by atoms with E-state index >= 15 is 0 Å². The van der Waals surface area contributed by atoms with Gasteiger partial charge in [-0.2, -0.15) is 13.2 Å². The number of thiazole rings is 1. The fourth-order valence-electron chi connectivity index (χ4n) is 4.04. The number of aryl methyl sites for hydroxylation is 2. The van der Waals surface area contributed by atoms with Gasteiger partial charge in [0.2, 0.25) is 0 Å². The van der Waals surface area contributed by atoms with Gasteiger partial charge in [0.1, 0.15) is 17.4 Å². The van der Waals surface area contributed by atoms with Crippen LogP contribution in [0.5, 0.6) is 5.75 Å². The molecule has 1 aromatic heterocycles. The smallest absolute Gasteiger partial charge is 0.416 e. The van der Waals surface area contributed by atoms with Crippen LogP contribution in [0.25, 0.3) is 10.6 Å². The van der Waals surface area contributed by atoms with E-state index in [0.29, 0.717) is 22.9 Å². The van der Waals surface area contributed by atoms with Crippen molar-refractivity contribution < 1.29 is 27.8 Å². The van der Waals surface area contributed by atoms with E-state index in [-0.39, 0.29) is 12.3 Å². The number of carbonyl (C=O) groups is 1. The highest BCUT2D eigenvalue weighted by atomic mass is 32.1. The van der Waals surface area contributed by atoms with Gasteiger partial charge in [-0.3, -0.25) is 4.79 Å². The molecule has 0 amide bonds. The van der Waals surface area contributed by atoms with E-state index in [2.05, 4.69) is 4.98 Å². The van der Waals surface area contributed by atoms with Crippen LogP contribution in [-0.4, -0.2) is 16.1 Å². The van der Waals surface area contributed by atoms with Crippen LogP contribution in [0, 0.1) is 6.92 Å². The molecule has 1 heterocycles. The van der Waals surface area contributed by atoms with Gasteiger partial charge in [0.25, 0.3) is 0 Å². The number of fused-ring (bicyclic) bond motifs is 1. The fraction of sp³-hybridized carbons (Fsp3) is 0.333. The van der Waals surface area contributed by atoms with Crippen LogP contribution in [0.4, 0.5) is 13.2 Å². The number of carboxylic acids is 1. The van der Waals surface area contributed by atoms with Gasteiger partial charge in [0.05, 0.1) is 22.6 Å². The molecule has 168 valence electrons. The number of hydrogen-bond acceptors (Lipinski definition) is 4. The fourth-order valence-corrected chi connectivity index (χ4v) is 5.02. The number of rotatable bonds is 6. The lowest BCUT2D eigenvalue weighted by Crippen LogP contribution is -2.13. The second-order valence-corrected chi connectivity index (χ2v) is 9.02. The SMILES string of the molecule is Cc1nc(-c2ccc(C(F)(F)F)cc2)sc1COc1ccc2c(c1)CCC[C@@H]2CC(=O)O. The van der Waals surface area contributed by atoms with Gasteiger partial charge in [-0.25, -0.2) is 4.98 Å². The number of halogens is 3. The number of nitrogens with zero attached hydrogens (tertiary/aromatic N) is 1. The van der Waals surface area contributed by atoms with E-state index < -0.39 is 17.7 Å². The first-order valence-corrected chi connectivity index (χ1v) is 11.1. The number of ether oxygens (including phenoxy) is 1. The Balaban J connectivity index is 1.46. The van der Waals surface area contributed by atoms with Crippen molar-refractivity contribution in [3.8, 4) is 16.3 Å². The van der Waals surface area contributed by atoms with Crippen LogP contribution in [-0.2, 0) is 24.0 Å². The summed E-state index contributed by atoms with van der Waals surface area (Å²) < 4.78 is 44.3. The number of benzene rings is 2. The molecule has 3 aromatic rings. The molecule has 8 heteroatoms. The molecule has 1 aliphatic rings. The lowest BCUT2D eigenvalue weighted by atomic mass is 9.81. The summed E-state index contributed by atoms with van der Waals surface area (Å²) in [6.07, 6.45) is -1.48. The molecule has 4 rings (SSSR count). The second-order valence-electron chi connectivity index (χ2n) is 7.94. The summed E-state index contributed by atoms with van der Waals surface area (Å²) in [6, 6.07) is 10.8. The van der Waals surface area contributed by atoms with E-state index in [4.69, 9.17) is 9.84 Å². The third-order valence-corrected chi connectivity index (χ3v) is 6.88. The number of alkyl halides is 3. The van der Waals surface area contributed by atoms with Crippen molar-refractivity contribution in [3.63, 3.8) is 0 Å². The maximum Gasteiger partial charge on any atom is 0.416 e. The summed E-state index contributed by atoms with van der Waals surface area (Å²) in [6.45, 7) is 2.16. The normalized spacial score (nSPS) is 15.9. The van der Waals surface area contributed by atoms with Crippen LogP contribution in [0.1, 0.15) is 52.4 Å². The predicted molar refractivity (Wildman–Crippen MR) is 116 cm³/mol. The predicted octanol–water partition coefficient (Wildman–Crippen LogP) is 6.61. The Morgan fingerprint density at radius 3 is 2.66 bits per heavy atom. The number of carboxylic acid groups (broad SMARTS) is 1. The largest absolute Gasteiger partial charge is 0.488 e. The third kappa shape index (κ3) is 4.96. The lowest BCUT2D eigenvalue weighted by molar-refractivity contribution is -0.138. The zero-order valence-corrected chi connectivity index (χ0v) is 18.2. The highest BCUT2D eigenvalue weighted by Crippen LogP contribution is 2.37. The van der Waals surface area contributed by atoms with Crippen LogP contribution < -0.4 is 4.74 Å². The van der Waals surface area contributed by atoms with Gasteiger partial charge in [-0.1, -0.05) is 18.2 Å². The topological polar surface area (TPSA) is 59.4 Å². The minimum Gasteiger partial charge on any atom is -0.488 e. The van der Waals surface area contributed by atoms with Crippen LogP contribution in [0.3, 0.4) is 0 Å². The third-order valence-electron chi connectivity index (χ3n) is 5.70. The molecule has 0 aliphatic heterocycles. The highest BCUT2D eigenvalue weighted by Gasteiger charge is 2.30. The Morgan fingerprint density at radius 1 is 1.22 bits per heavy atom. The summed E-state index contributed by atoms with van der Waals surface area (Å²) in [5, 5.41) is 9.79. The Bertz CT molecular complexity index is 1120. The molecular weight excluding hydrogens is 439 g/mol. The molecule has 4 nitrogen and oxygen atoms in total. The maximum atomic E-state index is 12.8. The number of aliphatic carboxylic acids is 1. The minimum absolute atomic E-state index is 0.0420. The summed E-state index contributed by atoms with van der Waals surface area (Å²) >= 11 is 1.40. The number of aromatic nitrogens is 1. The Hall–Kier alpha value is -2.87.